The zero-order chi connectivity index (χ0) is 38.7. The van der Waals surface area contributed by atoms with E-state index in [4.69, 9.17) is 0 Å². The lowest BCUT2D eigenvalue weighted by molar-refractivity contribution is 0.783. The maximum absolute atomic E-state index is 2.55. The molecular weight excluding hydrogens is 713 g/mol. The van der Waals surface area contributed by atoms with Gasteiger partial charge in [-0.1, -0.05) is 158 Å². The van der Waals surface area contributed by atoms with Gasteiger partial charge in [0, 0.05) is 33.2 Å². The van der Waals surface area contributed by atoms with E-state index < -0.39 is 5.41 Å². The molecule has 0 unspecified atom stereocenters. The Morgan fingerprint density at radius 3 is 1.64 bits per heavy atom. The highest BCUT2D eigenvalue weighted by Crippen LogP contribution is 2.62. The maximum atomic E-state index is 2.55. The molecule has 0 radical (unpaired) electrons. The first-order chi connectivity index (χ1) is 29.3. The molecule has 0 saturated carbocycles. The normalized spacial score (nSPS) is 13.2. The van der Waals surface area contributed by atoms with Crippen molar-refractivity contribution in [3.63, 3.8) is 0 Å². The van der Waals surface area contributed by atoms with E-state index >= 15 is 0 Å². The second kappa shape index (κ2) is 12.2. The van der Waals surface area contributed by atoms with E-state index in [2.05, 4.69) is 228 Å². The molecule has 0 bridgehead atoms. The summed E-state index contributed by atoms with van der Waals surface area (Å²) in [7, 11) is 0. The van der Waals surface area contributed by atoms with Crippen molar-refractivity contribution < 1.29 is 0 Å². The maximum Gasteiger partial charge on any atom is 0.0726 e. The minimum Gasteiger partial charge on any atom is -0.310 e. The monoisotopic (exact) mass is 748 g/mol. The molecule has 1 aromatic heterocycles. The number of hydrogen-bond donors (Lipinski definition) is 0. The zero-order valence-corrected chi connectivity index (χ0v) is 32.2. The Morgan fingerprint density at radius 1 is 0.356 bits per heavy atom. The van der Waals surface area contributed by atoms with Crippen molar-refractivity contribution in [2.24, 2.45) is 0 Å². The van der Waals surface area contributed by atoms with Crippen molar-refractivity contribution in [3.8, 4) is 27.9 Å². The van der Waals surface area contributed by atoms with Crippen LogP contribution in [0.25, 0.3) is 71.3 Å². The van der Waals surface area contributed by atoms with Gasteiger partial charge in [-0.15, -0.1) is 0 Å². The molecular formula is C57H36N2. The largest absolute Gasteiger partial charge is 0.310 e. The van der Waals surface area contributed by atoms with Crippen molar-refractivity contribution in [2.75, 3.05) is 4.90 Å². The molecule has 0 atom stereocenters. The highest BCUT2D eigenvalue weighted by atomic mass is 15.1. The quantitative estimate of drug-likeness (QED) is 0.170. The van der Waals surface area contributed by atoms with Gasteiger partial charge in [-0.25, -0.2) is 0 Å². The van der Waals surface area contributed by atoms with Crippen LogP contribution in [0, 0.1) is 0 Å². The number of rotatable bonds is 5. The molecule has 0 aliphatic heterocycles. The molecule has 1 spiro atoms. The molecule has 10 aromatic carbocycles. The Labute approximate surface area is 342 Å². The first kappa shape index (κ1) is 32.4. The van der Waals surface area contributed by atoms with E-state index in [0.717, 1.165) is 22.7 Å². The predicted octanol–water partition coefficient (Wildman–Crippen LogP) is 14.9. The molecule has 2 aliphatic carbocycles. The Morgan fingerprint density at radius 2 is 0.949 bits per heavy atom. The Bertz CT molecular complexity index is 3400. The minimum atomic E-state index is -0.516. The molecule has 11 aromatic rings. The smallest absolute Gasteiger partial charge is 0.0726 e. The van der Waals surface area contributed by atoms with Crippen LogP contribution in [0.15, 0.2) is 218 Å². The summed E-state index contributed by atoms with van der Waals surface area (Å²) in [4.78, 5) is 2.38. The zero-order valence-electron chi connectivity index (χ0n) is 32.2. The molecule has 0 amide bonds. The summed E-state index contributed by atoms with van der Waals surface area (Å²) in [5.74, 6) is 0. The molecule has 0 fully saturated rings. The SMILES string of the molecule is c1ccc(N(c2ccccc2)c2ccc(-c3cc4c5c6c7c(cccc7ccc6n(-c6ccccc6)c5c3)C43c4ccccc4-c4ccccc43)c3ccccc23)cc1. The molecule has 1 heterocycles. The van der Waals surface area contributed by atoms with Gasteiger partial charge in [0.1, 0.15) is 0 Å². The van der Waals surface area contributed by atoms with Crippen LogP contribution in [0.2, 0.25) is 0 Å². The van der Waals surface area contributed by atoms with E-state index in [-0.39, 0.29) is 0 Å². The van der Waals surface area contributed by atoms with Gasteiger partial charge in [0.05, 0.1) is 22.1 Å². The van der Waals surface area contributed by atoms with Crippen LogP contribution in [-0.2, 0) is 5.41 Å². The Kier molecular flexibility index (Phi) is 6.68. The molecule has 59 heavy (non-hydrogen) atoms. The summed E-state index contributed by atoms with van der Waals surface area (Å²) < 4.78 is 2.52. The summed E-state index contributed by atoms with van der Waals surface area (Å²) in [6.45, 7) is 0. The lowest BCUT2D eigenvalue weighted by Gasteiger charge is -2.38. The fraction of sp³-hybridized carbons (Fsp3) is 0.0175. The minimum absolute atomic E-state index is 0.516. The van der Waals surface area contributed by atoms with Crippen LogP contribution in [0.5, 0.6) is 0 Å². The van der Waals surface area contributed by atoms with Crippen LogP contribution < -0.4 is 4.90 Å². The van der Waals surface area contributed by atoms with E-state index in [1.165, 1.54) is 87.9 Å². The Balaban J connectivity index is 1.18. The summed E-state index contributed by atoms with van der Waals surface area (Å²) in [6.07, 6.45) is 0. The molecule has 274 valence electrons. The number of nitrogens with zero attached hydrogens (tertiary/aromatic N) is 2. The Hall–Kier alpha value is -7.68. The lowest BCUT2D eigenvalue weighted by atomic mass is 9.63. The summed E-state index contributed by atoms with van der Waals surface area (Å²) in [5.41, 5.74) is 17.0. The van der Waals surface area contributed by atoms with Gasteiger partial charge in [0.25, 0.3) is 0 Å². The number of fused-ring (bicyclic) bond motifs is 8. The standard InChI is InChI=1S/C57H36N2/c1-4-18-39(19-5-1)58(40-20-6-2-7-21-40)51-34-32-42(43-24-10-11-27-46(43)51)38-35-50-55-53(36-38)59(41-22-8-3-9-23-41)52-33-31-37-17-16-30-49(54(37)56(52)55)57(50)47-28-14-12-25-44(47)45-26-13-15-29-48(45)57/h1-36H. The van der Waals surface area contributed by atoms with Crippen LogP contribution >= 0.6 is 0 Å². The average Bonchev–Trinajstić information content (AvgIpc) is 3.80. The van der Waals surface area contributed by atoms with E-state index in [1.54, 1.807) is 0 Å². The molecule has 2 nitrogen and oxygen atoms in total. The number of aromatic nitrogens is 1. The van der Waals surface area contributed by atoms with Gasteiger partial charge in [0.2, 0.25) is 0 Å². The van der Waals surface area contributed by atoms with E-state index in [0.29, 0.717) is 0 Å². The van der Waals surface area contributed by atoms with Crippen molar-refractivity contribution >= 4 is 60.4 Å². The number of hydrogen-bond acceptors (Lipinski definition) is 1. The second-order valence-corrected chi connectivity index (χ2v) is 16.0. The fourth-order valence-electron chi connectivity index (χ4n) is 10.9. The first-order valence-electron chi connectivity index (χ1n) is 20.5. The summed E-state index contributed by atoms with van der Waals surface area (Å²) >= 11 is 0. The third-order valence-electron chi connectivity index (χ3n) is 13.1. The van der Waals surface area contributed by atoms with E-state index in [1.807, 2.05) is 0 Å². The van der Waals surface area contributed by atoms with Crippen LogP contribution in [0.4, 0.5) is 17.1 Å². The highest BCUT2D eigenvalue weighted by Gasteiger charge is 2.50. The van der Waals surface area contributed by atoms with E-state index in [9.17, 15) is 0 Å². The average molecular weight is 749 g/mol. The first-order valence-corrected chi connectivity index (χ1v) is 20.5. The number of benzene rings is 10. The summed E-state index contributed by atoms with van der Waals surface area (Å²) in [5, 5.41) is 7.73. The van der Waals surface area contributed by atoms with Crippen LogP contribution in [0.1, 0.15) is 22.3 Å². The van der Waals surface area contributed by atoms with Crippen molar-refractivity contribution in [1.29, 1.82) is 0 Å². The predicted molar refractivity (Wildman–Crippen MR) is 247 cm³/mol. The number of anilines is 3. The number of para-hydroxylation sites is 3. The van der Waals surface area contributed by atoms with Crippen molar-refractivity contribution in [3.05, 3.63) is 241 Å². The van der Waals surface area contributed by atoms with Gasteiger partial charge in [-0.05, 0) is 121 Å². The van der Waals surface area contributed by atoms with Gasteiger partial charge < -0.3 is 9.47 Å². The van der Waals surface area contributed by atoms with Crippen LogP contribution in [0.3, 0.4) is 0 Å². The third kappa shape index (κ3) is 4.30. The van der Waals surface area contributed by atoms with Crippen LogP contribution in [-0.4, -0.2) is 4.57 Å². The fourth-order valence-corrected chi connectivity index (χ4v) is 10.9. The van der Waals surface area contributed by atoms with Gasteiger partial charge in [-0.3, -0.25) is 0 Å². The second-order valence-electron chi connectivity index (χ2n) is 16.0. The van der Waals surface area contributed by atoms with Crippen molar-refractivity contribution in [2.45, 2.75) is 5.41 Å². The molecule has 0 N–H and O–H groups in total. The summed E-state index contributed by atoms with van der Waals surface area (Å²) in [6, 6.07) is 81.0. The topological polar surface area (TPSA) is 8.17 Å². The molecule has 0 saturated heterocycles. The molecule has 13 rings (SSSR count). The third-order valence-corrected chi connectivity index (χ3v) is 13.1. The molecule has 2 aliphatic rings. The van der Waals surface area contributed by atoms with Gasteiger partial charge >= 0.3 is 0 Å². The van der Waals surface area contributed by atoms with Gasteiger partial charge in [0.15, 0.2) is 0 Å². The molecule has 2 heteroatoms. The van der Waals surface area contributed by atoms with Gasteiger partial charge in [-0.2, -0.15) is 0 Å². The lowest BCUT2D eigenvalue weighted by Crippen LogP contribution is -2.30. The highest BCUT2D eigenvalue weighted by molar-refractivity contribution is 6.27. The van der Waals surface area contributed by atoms with Crippen molar-refractivity contribution in [1.82, 2.24) is 4.57 Å².